The summed E-state index contributed by atoms with van der Waals surface area (Å²) in [5, 5.41) is 13.0. The van der Waals surface area contributed by atoms with E-state index >= 15 is 0 Å². The van der Waals surface area contributed by atoms with E-state index in [4.69, 9.17) is 4.74 Å². The normalized spacial score (nSPS) is 24.0. The van der Waals surface area contributed by atoms with Crippen molar-refractivity contribution in [3.05, 3.63) is 42.1 Å². The Labute approximate surface area is 151 Å². The van der Waals surface area contributed by atoms with Gasteiger partial charge in [0.1, 0.15) is 0 Å². The molecule has 1 saturated carbocycles. The molecule has 2 aromatic rings. The van der Waals surface area contributed by atoms with Gasteiger partial charge in [0.05, 0.1) is 37.3 Å². The van der Waals surface area contributed by atoms with Crippen molar-refractivity contribution in [2.24, 2.45) is 5.92 Å². The van der Waals surface area contributed by atoms with E-state index in [-0.39, 0.29) is 18.1 Å². The van der Waals surface area contributed by atoms with Crippen LogP contribution in [0.1, 0.15) is 24.6 Å². The first-order valence-corrected chi connectivity index (χ1v) is 8.91. The number of ether oxygens (including phenoxy) is 1. The van der Waals surface area contributed by atoms with Crippen molar-refractivity contribution in [3.63, 3.8) is 0 Å². The topological polar surface area (TPSA) is 83.4 Å². The summed E-state index contributed by atoms with van der Waals surface area (Å²) in [6.45, 7) is 2.32. The maximum Gasteiger partial charge on any atom is 0.225 e. The molecule has 1 aliphatic heterocycles. The van der Waals surface area contributed by atoms with Crippen LogP contribution in [-0.4, -0.2) is 52.5 Å². The van der Waals surface area contributed by atoms with Gasteiger partial charge in [0.2, 0.25) is 5.95 Å². The molecule has 1 atom stereocenters. The van der Waals surface area contributed by atoms with Crippen LogP contribution in [0.5, 0.6) is 0 Å². The molecule has 0 bridgehead atoms. The van der Waals surface area contributed by atoms with Gasteiger partial charge >= 0.3 is 0 Å². The van der Waals surface area contributed by atoms with E-state index in [1.807, 2.05) is 23.1 Å². The average molecular weight is 359 g/mol. The van der Waals surface area contributed by atoms with Gasteiger partial charge in [-0.1, -0.05) is 6.07 Å². The van der Waals surface area contributed by atoms with Gasteiger partial charge in [-0.15, -0.1) is 0 Å². The number of pyridine rings is 1. The number of rotatable bonds is 5. The molecule has 0 amide bonds. The van der Waals surface area contributed by atoms with Crippen LogP contribution in [0, 0.1) is 11.7 Å². The molecule has 2 fully saturated rings. The Kier molecular flexibility index (Phi) is 4.94. The number of halogens is 1. The van der Waals surface area contributed by atoms with Crippen LogP contribution >= 0.6 is 0 Å². The number of nitrogens with one attached hydrogen (secondary N) is 1. The van der Waals surface area contributed by atoms with Gasteiger partial charge in [-0.25, -0.2) is 9.37 Å². The van der Waals surface area contributed by atoms with E-state index in [0.717, 1.165) is 5.69 Å². The summed E-state index contributed by atoms with van der Waals surface area (Å²) < 4.78 is 19.5. The molecule has 2 aliphatic rings. The van der Waals surface area contributed by atoms with Gasteiger partial charge in [0.25, 0.3) is 0 Å². The van der Waals surface area contributed by atoms with Crippen molar-refractivity contribution in [1.82, 2.24) is 15.0 Å². The highest BCUT2D eigenvalue weighted by atomic mass is 19.1. The number of aliphatic hydroxyl groups is 1. The van der Waals surface area contributed by atoms with Gasteiger partial charge in [-0.3, -0.25) is 4.98 Å². The molecule has 138 valence electrons. The van der Waals surface area contributed by atoms with Crippen LogP contribution in [0.4, 0.5) is 16.2 Å². The molecule has 4 rings (SSSR count). The van der Waals surface area contributed by atoms with Gasteiger partial charge in [-0.05, 0) is 30.9 Å². The second-order valence-corrected chi connectivity index (χ2v) is 6.73. The molecule has 3 heterocycles. The lowest BCUT2D eigenvalue weighted by Gasteiger charge is -2.37. The second kappa shape index (κ2) is 7.51. The zero-order valence-electron chi connectivity index (χ0n) is 14.4. The molecule has 26 heavy (non-hydrogen) atoms. The van der Waals surface area contributed by atoms with Crippen LogP contribution in [0.3, 0.4) is 0 Å². The second-order valence-electron chi connectivity index (χ2n) is 6.73. The summed E-state index contributed by atoms with van der Waals surface area (Å²) in [6, 6.07) is 5.61. The average Bonchev–Trinajstić information content (AvgIpc) is 2.66. The van der Waals surface area contributed by atoms with E-state index in [2.05, 4.69) is 20.3 Å². The summed E-state index contributed by atoms with van der Waals surface area (Å²) in [6.07, 6.45) is 4.07. The largest absolute Gasteiger partial charge is 0.393 e. The Hall–Kier alpha value is -2.32. The molecule has 8 heteroatoms. The zero-order chi connectivity index (χ0) is 17.9. The third-order valence-corrected chi connectivity index (χ3v) is 4.95. The van der Waals surface area contributed by atoms with Crippen LogP contribution in [-0.2, 0) is 4.74 Å². The fourth-order valence-corrected chi connectivity index (χ4v) is 3.46. The lowest BCUT2D eigenvalue weighted by atomic mass is 9.76. The maximum absolute atomic E-state index is 14.2. The standard InChI is InChI=1S/C18H22FN5O2/c19-14-11-21-18(23-17(14)24-5-7-26-8-6-24)22-16(12-9-13(25)10-12)15-3-1-2-4-20-15/h1-4,11-13,16,25H,5-10H2,(H,21,22,23)/t12?,13?,16-/m1/s1. The lowest BCUT2D eigenvalue weighted by Crippen LogP contribution is -2.38. The van der Waals surface area contributed by atoms with Gasteiger partial charge < -0.3 is 20.1 Å². The molecule has 2 aromatic heterocycles. The van der Waals surface area contributed by atoms with Crippen molar-refractivity contribution in [3.8, 4) is 0 Å². The minimum absolute atomic E-state index is 0.123. The summed E-state index contributed by atoms with van der Waals surface area (Å²) in [5.41, 5.74) is 0.866. The third-order valence-electron chi connectivity index (χ3n) is 4.95. The Morgan fingerprint density at radius 2 is 2.04 bits per heavy atom. The molecule has 7 nitrogen and oxygen atoms in total. The number of aliphatic hydroxyl groups excluding tert-OH is 1. The number of nitrogens with zero attached hydrogens (tertiary/aromatic N) is 4. The van der Waals surface area contributed by atoms with E-state index < -0.39 is 5.82 Å². The Morgan fingerprint density at radius 3 is 2.73 bits per heavy atom. The molecule has 0 aromatic carbocycles. The molecular formula is C18H22FN5O2. The Bertz CT molecular complexity index is 736. The first-order chi connectivity index (χ1) is 12.7. The quantitative estimate of drug-likeness (QED) is 0.842. The predicted molar refractivity (Wildman–Crippen MR) is 94.4 cm³/mol. The van der Waals surface area contributed by atoms with E-state index in [9.17, 15) is 9.50 Å². The van der Waals surface area contributed by atoms with Crippen molar-refractivity contribution >= 4 is 11.8 Å². The molecule has 0 radical (unpaired) electrons. The van der Waals surface area contributed by atoms with Crippen LogP contribution in [0.25, 0.3) is 0 Å². The number of hydrogen-bond acceptors (Lipinski definition) is 7. The SMILES string of the molecule is OC1CC([C@@H](Nc2ncc(F)c(N3CCOCC3)n2)c2ccccn2)C1. The van der Waals surface area contributed by atoms with E-state index in [0.29, 0.717) is 50.9 Å². The maximum atomic E-state index is 14.2. The van der Waals surface area contributed by atoms with Crippen molar-refractivity contribution in [2.45, 2.75) is 25.0 Å². The number of morpholine rings is 1. The Morgan fingerprint density at radius 1 is 1.23 bits per heavy atom. The minimum atomic E-state index is -0.439. The number of aromatic nitrogens is 3. The van der Waals surface area contributed by atoms with Crippen LogP contribution in [0.2, 0.25) is 0 Å². The summed E-state index contributed by atoms with van der Waals surface area (Å²) >= 11 is 0. The van der Waals surface area contributed by atoms with Crippen molar-refractivity contribution < 1.29 is 14.2 Å². The van der Waals surface area contributed by atoms with Gasteiger partial charge in [0, 0.05) is 19.3 Å². The smallest absolute Gasteiger partial charge is 0.225 e. The molecule has 1 aliphatic carbocycles. The minimum Gasteiger partial charge on any atom is -0.393 e. The summed E-state index contributed by atoms with van der Waals surface area (Å²) in [4.78, 5) is 14.8. The highest BCUT2D eigenvalue weighted by Crippen LogP contribution is 2.39. The van der Waals surface area contributed by atoms with E-state index in [1.54, 1.807) is 6.20 Å². The fourth-order valence-electron chi connectivity index (χ4n) is 3.46. The molecule has 0 spiro atoms. The van der Waals surface area contributed by atoms with Crippen molar-refractivity contribution in [1.29, 1.82) is 0 Å². The molecule has 1 saturated heterocycles. The van der Waals surface area contributed by atoms with Gasteiger partial charge in [-0.2, -0.15) is 4.98 Å². The predicted octanol–water partition coefficient (Wildman–Crippen LogP) is 1.77. The van der Waals surface area contributed by atoms with Gasteiger partial charge in [0.15, 0.2) is 11.6 Å². The monoisotopic (exact) mass is 359 g/mol. The number of hydrogen-bond donors (Lipinski definition) is 2. The van der Waals surface area contributed by atoms with Crippen LogP contribution < -0.4 is 10.2 Å². The third kappa shape index (κ3) is 3.61. The zero-order valence-corrected chi connectivity index (χ0v) is 14.4. The number of anilines is 2. The first-order valence-electron chi connectivity index (χ1n) is 8.91. The van der Waals surface area contributed by atoms with Crippen LogP contribution in [0.15, 0.2) is 30.6 Å². The molecule has 2 N–H and O–H groups in total. The summed E-state index contributed by atoms with van der Waals surface area (Å²) in [7, 11) is 0. The highest BCUT2D eigenvalue weighted by Gasteiger charge is 2.36. The fraction of sp³-hybridized carbons (Fsp3) is 0.500. The summed E-state index contributed by atoms with van der Waals surface area (Å²) in [5.74, 6) is 0.454. The lowest BCUT2D eigenvalue weighted by molar-refractivity contribution is 0.0333. The van der Waals surface area contributed by atoms with E-state index in [1.165, 1.54) is 6.20 Å². The van der Waals surface area contributed by atoms with Crippen molar-refractivity contribution in [2.75, 3.05) is 36.5 Å². The Balaban J connectivity index is 1.57. The molecular weight excluding hydrogens is 337 g/mol. The molecule has 0 unspecified atom stereocenters. The first kappa shape index (κ1) is 17.1. The highest BCUT2D eigenvalue weighted by molar-refractivity contribution is 5.45.